The van der Waals surface area contributed by atoms with Crippen LogP contribution in [0.5, 0.6) is 5.75 Å². The normalized spacial score (nSPS) is 26.7. The van der Waals surface area contributed by atoms with Crippen molar-refractivity contribution in [1.82, 2.24) is 0 Å². The monoisotopic (exact) mass is 374 g/mol. The first-order chi connectivity index (χ1) is 13.1. The quantitative estimate of drug-likeness (QED) is 0.290. The fourth-order valence-electron chi connectivity index (χ4n) is 5.26. The van der Waals surface area contributed by atoms with Crippen molar-refractivity contribution in [3.8, 4) is 5.75 Å². The zero-order valence-electron chi connectivity index (χ0n) is 16.9. The molecular formula is C24H35FO2. The predicted octanol–water partition coefficient (Wildman–Crippen LogP) is 7.07. The summed E-state index contributed by atoms with van der Waals surface area (Å²) in [5.74, 6) is 1.74. The molecule has 2 aliphatic carbocycles. The second-order valence-electron chi connectivity index (χ2n) is 8.82. The van der Waals surface area contributed by atoms with Crippen LogP contribution in [-0.2, 0) is 4.79 Å². The molecule has 0 amide bonds. The van der Waals surface area contributed by atoms with E-state index < -0.39 is 0 Å². The minimum Gasteiger partial charge on any atom is -0.426 e. The molecule has 1 aromatic carbocycles. The summed E-state index contributed by atoms with van der Waals surface area (Å²) in [6, 6.07) is 5.82. The molecular weight excluding hydrogens is 339 g/mol. The molecule has 3 rings (SSSR count). The van der Waals surface area contributed by atoms with Gasteiger partial charge in [-0.2, -0.15) is 0 Å². The Kier molecular flexibility index (Phi) is 7.32. The molecule has 0 saturated heterocycles. The molecule has 0 aromatic heterocycles. The molecule has 0 unspecified atom stereocenters. The van der Waals surface area contributed by atoms with E-state index in [9.17, 15) is 9.18 Å². The number of carbonyl (C=O) groups excluding carboxylic acids is 1. The van der Waals surface area contributed by atoms with E-state index in [-0.39, 0.29) is 17.2 Å². The van der Waals surface area contributed by atoms with Crippen LogP contribution in [0.25, 0.3) is 0 Å². The standard InChI is InChI=1S/C24H35FO2/c1-2-3-7-16-24(23(26)27-22-12-10-21(25)11-13-22)17-14-20(15-18-24)19-8-5-4-6-9-19/h10-13,19-20H,2-9,14-18H2,1H3. The SMILES string of the molecule is CCCCCC1(C(=O)Oc2ccc(F)cc2)CCC(C2CCCCC2)CC1. The maximum Gasteiger partial charge on any atom is 0.317 e. The Morgan fingerprint density at radius 2 is 1.63 bits per heavy atom. The summed E-state index contributed by atoms with van der Waals surface area (Å²) >= 11 is 0. The van der Waals surface area contributed by atoms with Gasteiger partial charge in [0.15, 0.2) is 0 Å². The van der Waals surface area contributed by atoms with Gasteiger partial charge in [0.2, 0.25) is 0 Å². The van der Waals surface area contributed by atoms with Crippen molar-refractivity contribution < 1.29 is 13.9 Å². The molecule has 1 aromatic rings. The fraction of sp³-hybridized carbons (Fsp3) is 0.708. The van der Waals surface area contributed by atoms with E-state index in [1.807, 2.05) is 0 Å². The predicted molar refractivity (Wildman–Crippen MR) is 107 cm³/mol. The molecule has 2 nitrogen and oxygen atoms in total. The highest BCUT2D eigenvalue weighted by Crippen LogP contribution is 2.48. The van der Waals surface area contributed by atoms with E-state index >= 15 is 0 Å². The fourth-order valence-corrected chi connectivity index (χ4v) is 5.26. The molecule has 0 bridgehead atoms. The molecule has 0 radical (unpaired) electrons. The topological polar surface area (TPSA) is 26.3 Å². The molecule has 2 saturated carbocycles. The van der Waals surface area contributed by atoms with Crippen molar-refractivity contribution in [1.29, 1.82) is 0 Å². The second kappa shape index (κ2) is 9.71. The highest BCUT2D eigenvalue weighted by Gasteiger charge is 2.44. The van der Waals surface area contributed by atoms with Crippen molar-refractivity contribution in [2.75, 3.05) is 0 Å². The number of halogens is 1. The van der Waals surface area contributed by atoms with Crippen molar-refractivity contribution >= 4 is 5.97 Å². The number of ether oxygens (including phenoxy) is 1. The van der Waals surface area contributed by atoms with Crippen LogP contribution in [0.4, 0.5) is 4.39 Å². The van der Waals surface area contributed by atoms with Crippen molar-refractivity contribution in [3.63, 3.8) is 0 Å². The summed E-state index contributed by atoms with van der Waals surface area (Å²) < 4.78 is 18.9. The lowest BCUT2D eigenvalue weighted by Gasteiger charge is -2.41. The Labute approximate surface area is 163 Å². The molecule has 0 N–H and O–H groups in total. The maximum absolute atomic E-state index is 13.1. The molecule has 27 heavy (non-hydrogen) atoms. The molecule has 3 heteroatoms. The van der Waals surface area contributed by atoms with Gasteiger partial charge in [0.1, 0.15) is 11.6 Å². The van der Waals surface area contributed by atoms with E-state index in [0.29, 0.717) is 5.75 Å². The number of esters is 1. The first kappa shape index (κ1) is 20.4. The summed E-state index contributed by atoms with van der Waals surface area (Å²) in [5.41, 5.74) is -0.339. The number of benzene rings is 1. The maximum atomic E-state index is 13.1. The van der Waals surface area contributed by atoms with Gasteiger partial charge in [-0.25, -0.2) is 4.39 Å². The Balaban J connectivity index is 1.64. The lowest BCUT2D eigenvalue weighted by atomic mass is 9.63. The van der Waals surface area contributed by atoms with Gasteiger partial charge in [-0.15, -0.1) is 0 Å². The summed E-state index contributed by atoms with van der Waals surface area (Å²) in [6.45, 7) is 2.20. The average Bonchev–Trinajstić information content (AvgIpc) is 2.71. The molecule has 0 aliphatic heterocycles. The highest BCUT2D eigenvalue weighted by molar-refractivity contribution is 5.79. The zero-order chi connectivity index (χ0) is 19.1. The molecule has 0 atom stereocenters. The van der Waals surface area contributed by atoms with E-state index in [2.05, 4.69) is 6.92 Å². The third-order valence-electron chi connectivity index (χ3n) is 7.02. The van der Waals surface area contributed by atoms with Gasteiger partial charge in [0.05, 0.1) is 5.41 Å². The Bertz CT molecular complexity index is 581. The number of hydrogen-bond donors (Lipinski definition) is 0. The molecule has 0 heterocycles. The van der Waals surface area contributed by atoms with E-state index in [1.165, 1.54) is 44.2 Å². The Morgan fingerprint density at radius 3 is 2.26 bits per heavy atom. The first-order valence-electron chi connectivity index (χ1n) is 11.1. The number of carbonyl (C=O) groups is 1. The van der Waals surface area contributed by atoms with Crippen LogP contribution < -0.4 is 4.74 Å². The molecule has 0 spiro atoms. The van der Waals surface area contributed by atoms with Gasteiger partial charge < -0.3 is 4.74 Å². The van der Waals surface area contributed by atoms with E-state index in [0.717, 1.165) is 63.2 Å². The highest BCUT2D eigenvalue weighted by atomic mass is 19.1. The summed E-state index contributed by atoms with van der Waals surface area (Å²) in [7, 11) is 0. The van der Waals surface area contributed by atoms with E-state index in [1.54, 1.807) is 12.1 Å². The van der Waals surface area contributed by atoms with Crippen molar-refractivity contribution in [3.05, 3.63) is 30.1 Å². The summed E-state index contributed by atoms with van der Waals surface area (Å²) in [6.07, 6.45) is 15.5. The van der Waals surface area contributed by atoms with Crippen LogP contribution in [0.2, 0.25) is 0 Å². The second-order valence-corrected chi connectivity index (χ2v) is 8.82. The molecule has 2 fully saturated rings. The van der Waals surface area contributed by atoms with Crippen LogP contribution in [-0.4, -0.2) is 5.97 Å². The lowest BCUT2D eigenvalue weighted by Crippen LogP contribution is -2.40. The minimum atomic E-state index is -0.339. The van der Waals surface area contributed by atoms with Gasteiger partial charge in [-0.1, -0.05) is 58.3 Å². The molecule has 150 valence electrons. The van der Waals surface area contributed by atoms with Crippen LogP contribution in [0.15, 0.2) is 24.3 Å². The van der Waals surface area contributed by atoms with Crippen LogP contribution in [0, 0.1) is 23.1 Å². The van der Waals surface area contributed by atoms with Crippen molar-refractivity contribution in [2.24, 2.45) is 17.3 Å². The average molecular weight is 375 g/mol. The first-order valence-corrected chi connectivity index (χ1v) is 11.1. The smallest absolute Gasteiger partial charge is 0.317 e. The Hall–Kier alpha value is -1.38. The lowest BCUT2D eigenvalue weighted by molar-refractivity contribution is -0.149. The Morgan fingerprint density at radius 1 is 1.00 bits per heavy atom. The van der Waals surface area contributed by atoms with Gasteiger partial charge in [0, 0.05) is 0 Å². The number of unbranched alkanes of at least 4 members (excludes halogenated alkanes) is 2. The van der Waals surface area contributed by atoms with Crippen LogP contribution >= 0.6 is 0 Å². The largest absolute Gasteiger partial charge is 0.426 e. The van der Waals surface area contributed by atoms with E-state index in [4.69, 9.17) is 4.74 Å². The summed E-state index contributed by atoms with van der Waals surface area (Å²) in [4.78, 5) is 13.1. The van der Waals surface area contributed by atoms with Crippen LogP contribution in [0.3, 0.4) is 0 Å². The third kappa shape index (κ3) is 5.33. The van der Waals surface area contributed by atoms with Gasteiger partial charge in [0.25, 0.3) is 0 Å². The van der Waals surface area contributed by atoms with Gasteiger partial charge in [-0.05, 0) is 68.2 Å². The van der Waals surface area contributed by atoms with Crippen LogP contribution in [0.1, 0.15) is 90.4 Å². The number of hydrogen-bond acceptors (Lipinski definition) is 2. The molecule has 2 aliphatic rings. The zero-order valence-corrected chi connectivity index (χ0v) is 16.9. The van der Waals surface area contributed by atoms with Gasteiger partial charge in [-0.3, -0.25) is 4.79 Å². The third-order valence-corrected chi connectivity index (χ3v) is 7.02. The summed E-state index contributed by atoms with van der Waals surface area (Å²) in [5, 5.41) is 0. The van der Waals surface area contributed by atoms with Gasteiger partial charge >= 0.3 is 5.97 Å². The number of rotatable bonds is 7. The van der Waals surface area contributed by atoms with Crippen molar-refractivity contribution in [2.45, 2.75) is 90.4 Å². The minimum absolute atomic E-state index is 0.0905.